The quantitative estimate of drug-likeness (QED) is 0.702. The van der Waals surface area contributed by atoms with Gasteiger partial charge in [-0.05, 0) is 19.8 Å². The van der Waals surface area contributed by atoms with Crippen molar-refractivity contribution in [3.05, 3.63) is 17.7 Å². The maximum atomic E-state index is 11.3. The maximum Gasteiger partial charge on any atom is 0.233 e. The highest BCUT2D eigenvalue weighted by molar-refractivity contribution is 5.77. The molecule has 1 aliphatic heterocycles. The van der Waals surface area contributed by atoms with E-state index in [-0.39, 0.29) is 5.91 Å². The van der Waals surface area contributed by atoms with Crippen molar-refractivity contribution < 1.29 is 4.79 Å². The van der Waals surface area contributed by atoms with Crippen LogP contribution in [0.3, 0.4) is 0 Å². The SMILES string of the molecule is CNC(=O)CN1CCC(NCc2nc[nH]c2C)CC1. The summed E-state index contributed by atoms with van der Waals surface area (Å²) in [5.74, 6) is 0.0959. The molecule has 106 valence electrons. The monoisotopic (exact) mass is 265 g/mol. The van der Waals surface area contributed by atoms with Crippen LogP contribution in [0.2, 0.25) is 0 Å². The van der Waals surface area contributed by atoms with Crippen molar-refractivity contribution in [2.75, 3.05) is 26.7 Å². The first-order valence-electron chi connectivity index (χ1n) is 6.84. The fraction of sp³-hybridized carbons (Fsp3) is 0.692. The van der Waals surface area contributed by atoms with Crippen molar-refractivity contribution in [3.8, 4) is 0 Å². The first-order valence-corrected chi connectivity index (χ1v) is 6.84. The highest BCUT2D eigenvalue weighted by Gasteiger charge is 2.20. The van der Waals surface area contributed by atoms with Gasteiger partial charge in [0, 0.05) is 38.4 Å². The van der Waals surface area contributed by atoms with Crippen LogP contribution < -0.4 is 10.6 Å². The summed E-state index contributed by atoms with van der Waals surface area (Å²) < 4.78 is 0. The first kappa shape index (κ1) is 14.0. The Hall–Kier alpha value is -1.40. The number of rotatable bonds is 5. The molecule has 19 heavy (non-hydrogen) atoms. The minimum absolute atomic E-state index is 0.0959. The number of nitrogens with zero attached hydrogens (tertiary/aromatic N) is 2. The zero-order valence-electron chi connectivity index (χ0n) is 11.7. The average Bonchev–Trinajstić information content (AvgIpc) is 2.83. The van der Waals surface area contributed by atoms with E-state index in [2.05, 4.69) is 25.5 Å². The molecular formula is C13H23N5O. The van der Waals surface area contributed by atoms with Gasteiger partial charge in [0.2, 0.25) is 5.91 Å². The number of H-pyrrole nitrogens is 1. The lowest BCUT2D eigenvalue weighted by Gasteiger charge is -2.31. The van der Waals surface area contributed by atoms with Crippen LogP contribution in [-0.2, 0) is 11.3 Å². The first-order chi connectivity index (χ1) is 9.19. The minimum atomic E-state index is 0.0959. The van der Waals surface area contributed by atoms with E-state index in [1.165, 1.54) is 0 Å². The van der Waals surface area contributed by atoms with Crippen LogP contribution in [0.1, 0.15) is 24.2 Å². The van der Waals surface area contributed by atoms with Gasteiger partial charge < -0.3 is 15.6 Å². The van der Waals surface area contributed by atoms with E-state index >= 15 is 0 Å². The number of carbonyl (C=O) groups excluding carboxylic acids is 1. The van der Waals surface area contributed by atoms with Gasteiger partial charge in [0.05, 0.1) is 18.6 Å². The second-order valence-corrected chi connectivity index (χ2v) is 5.08. The number of amides is 1. The van der Waals surface area contributed by atoms with Crippen LogP contribution in [0.5, 0.6) is 0 Å². The fourth-order valence-corrected chi connectivity index (χ4v) is 2.38. The number of piperidine rings is 1. The second kappa shape index (κ2) is 6.68. The molecule has 1 saturated heterocycles. The summed E-state index contributed by atoms with van der Waals surface area (Å²) in [6, 6.07) is 0.525. The summed E-state index contributed by atoms with van der Waals surface area (Å²) >= 11 is 0. The molecule has 2 heterocycles. The molecule has 1 amide bonds. The largest absolute Gasteiger partial charge is 0.358 e. The van der Waals surface area contributed by atoms with Crippen LogP contribution >= 0.6 is 0 Å². The summed E-state index contributed by atoms with van der Waals surface area (Å²) in [5.41, 5.74) is 2.22. The Kier molecular flexibility index (Phi) is 4.93. The lowest BCUT2D eigenvalue weighted by Crippen LogP contribution is -2.45. The van der Waals surface area contributed by atoms with E-state index in [4.69, 9.17) is 0 Å². The molecule has 1 aliphatic rings. The van der Waals surface area contributed by atoms with E-state index in [1.54, 1.807) is 13.4 Å². The number of likely N-dealkylation sites (N-methyl/N-ethyl adjacent to an activating group) is 1. The summed E-state index contributed by atoms with van der Waals surface area (Å²) in [6.45, 7) is 5.32. The third-order valence-corrected chi connectivity index (χ3v) is 3.73. The van der Waals surface area contributed by atoms with Crippen molar-refractivity contribution in [1.82, 2.24) is 25.5 Å². The van der Waals surface area contributed by atoms with E-state index in [9.17, 15) is 4.79 Å². The van der Waals surface area contributed by atoms with Crippen LogP contribution in [0.25, 0.3) is 0 Å². The lowest BCUT2D eigenvalue weighted by atomic mass is 10.0. The van der Waals surface area contributed by atoms with Crippen molar-refractivity contribution in [1.29, 1.82) is 0 Å². The molecule has 0 atom stereocenters. The van der Waals surface area contributed by atoms with Gasteiger partial charge >= 0.3 is 0 Å². The van der Waals surface area contributed by atoms with E-state index < -0.39 is 0 Å². The standard InChI is InChI=1S/C13H23N5O/c1-10-12(17-9-16-10)7-15-11-3-5-18(6-4-11)8-13(19)14-2/h9,11,15H,3-8H2,1-2H3,(H,14,19)(H,16,17). The molecule has 1 aromatic heterocycles. The molecule has 0 radical (unpaired) electrons. The van der Waals surface area contributed by atoms with Crippen LogP contribution in [0.15, 0.2) is 6.33 Å². The smallest absolute Gasteiger partial charge is 0.233 e. The topological polar surface area (TPSA) is 73.1 Å². The fourth-order valence-electron chi connectivity index (χ4n) is 2.38. The van der Waals surface area contributed by atoms with Gasteiger partial charge in [-0.3, -0.25) is 9.69 Å². The lowest BCUT2D eigenvalue weighted by molar-refractivity contribution is -0.122. The third-order valence-electron chi connectivity index (χ3n) is 3.73. The molecule has 2 rings (SSSR count). The number of carbonyl (C=O) groups is 1. The van der Waals surface area contributed by atoms with Gasteiger partial charge in [-0.25, -0.2) is 4.98 Å². The van der Waals surface area contributed by atoms with Crippen molar-refractivity contribution >= 4 is 5.91 Å². The molecular weight excluding hydrogens is 242 g/mol. The molecule has 0 spiro atoms. The summed E-state index contributed by atoms with van der Waals surface area (Å²) in [4.78, 5) is 20.9. The molecule has 0 aliphatic carbocycles. The Morgan fingerprint density at radius 1 is 1.53 bits per heavy atom. The Balaban J connectivity index is 1.69. The molecule has 6 nitrogen and oxygen atoms in total. The van der Waals surface area contributed by atoms with Gasteiger partial charge in [-0.2, -0.15) is 0 Å². The maximum absolute atomic E-state index is 11.3. The van der Waals surface area contributed by atoms with Crippen LogP contribution in [0.4, 0.5) is 0 Å². The molecule has 0 unspecified atom stereocenters. The average molecular weight is 265 g/mol. The molecule has 6 heteroatoms. The third kappa shape index (κ3) is 4.04. The van der Waals surface area contributed by atoms with Gasteiger partial charge in [0.25, 0.3) is 0 Å². The zero-order chi connectivity index (χ0) is 13.7. The van der Waals surface area contributed by atoms with Gasteiger partial charge in [-0.1, -0.05) is 0 Å². The van der Waals surface area contributed by atoms with Crippen molar-refractivity contribution in [2.45, 2.75) is 32.4 Å². The molecule has 0 aromatic carbocycles. The van der Waals surface area contributed by atoms with E-state index in [0.29, 0.717) is 12.6 Å². The van der Waals surface area contributed by atoms with Gasteiger partial charge in [0.15, 0.2) is 0 Å². The molecule has 3 N–H and O–H groups in total. The van der Waals surface area contributed by atoms with Crippen molar-refractivity contribution in [2.24, 2.45) is 0 Å². The number of hydrogen-bond donors (Lipinski definition) is 3. The number of aryl methyl sites for hydroxylation is 1. The molecule has 1 fully saturated rings. The van der Waals surface area contributed by atoms with Crippen molar-refractivity contribution in [3.63, 3.8) is 0 Å². The Morgan fingerprint density at radius 3 is 2.84 bits per heavy atom. The van der Waals surface area contributed by atoms with Gasteiger partial charge in [0.1, 0.15) is 0 Å². The number of hydrogen-bond acceptors (Lipinski definition) is 4. The summed E-state index contributed by atoms with van der Waals surface area (Å²) in [7, 11) is 1.68. The molecule has 1 aromatic rings. The Labute approximate surface area is 114 Å². The van der Waals surface area contributed by atoms with Gasteiger partial charge in [-0.15, -0.1) is 0 Å². The number of aromatic amines is 1. The Bertz CT molecular complexity index is 409. The Morgan fingerprint density at radius 2 is 2.26 bits per heavy atom. The highest BCUT2D eigenvalue weighted by atomic mass is 16.1. The number of imidazole rings is 1. The minimum Gasteiger partial charge on any atom is -0.358 e. The summed E-state index contributed by atoms with van der Waals surface area (Å²) in [6.07, 6.45) is 3.90. The summed E-state index contributed by atoms with van der Waals surface area (Å²) in [5, 5.41) is 6.21. The normalized spacial score (nSPS) is 17.6. The zero-order valence-corrected chi connectivity index (χ0v) is 11.7. The number of likely N-dealkylation sites (tertiary alicyclic amines) is 1. The molecule has 0 bridgehead atoms. The highest BCUT2D eigenvalue weighted by Crippen LogP contribution is 2.11. The second-order valence-electron chi connectivity index (χ2n) is 5.08. The van der Waals surface area contributed by atoms with Crippen LogP contribution in [-0.4, -0.2) is 53.5 Å². The van der Waals surface area contributed by atoms with E-state index in [0.717, 1.165) is 43.9 Å². The predicted octanol–water partition coefficient (Wildman–Crippen LogP) is 0.0181. The van der Waals surface area contributed by atoms with E-state index in [1.807, 2.05) is 6.92 Å². The predicted molar refractivity (Wildman–Crippen MR) is 73.7 cm³/mol. The number of aromatic nitrogens is 2. The number of nitrogens with one attached hydrogen (secondary N) is 3. The molecule has 0 saturated carbocycles. The van der Waals surface area contributed by atoms with Crippen LogP contribution in [0, 0.1) is 6.92 Å².